The lowest BCUT2D eigenvalue weighted by atomic mass is 10.1. The summed E-state index contributed by atoms with van der Waals surface area (Å²) in [6, 6.07) is 5.90. The number of rotatable bonds is 1. The number of hydrogen-bond donors (Lipinski definition) is 0. The van der Waals surface area contributed by atoms with Gasteiger partial charge in [0.25, 0.3) is 0 Å². The topological polar surface area (TPSA) is 43.9 Å². The highest BCUT2D eigenvalue weighted by Gasteiger charge is 2.10. The predicted octanol–water partition coefficient (Wildman–Crippen LogP) is 3.30. The van der Waals surface area contributed by atoms with Crippen molar-refractivity contribution in [1.29, 1.82) is 0 Å². The molecule has 0 amide bonds. The van der Waals surface area contributed by atoms with Crippen LogP contribution in [0, 0.1) is 6.92 Å². The summed E-state index contributed by atoms with van der Waals surface area (Å²) in [4.78, 5) is 8.62. The fourth-order valence-electron chi connectivity index (χ4n) is 1.80. The Balaban J connectivity index is 2.20. The molecule has 2 aromatic heterocycles. The minimum absolute atomic E-state index is 0.678. The zero-order chi connectivity index (χ0) is 12.0. The average molecular weight is 292 g/mol. The first kappa shape index (κ1) is 10.5. The Morgan fingerprint density at radius 3 is 2.88 bits per heavy atom. The van der Waals surface area contributed by atoms with Crippen molar-refractivity contribution in [3.05, 3.63) is 35.0 Å². The van der Waals surface area contributed by atoms with Crippen molar-refractivity contribution >= 4 is 27.0 Å². The monoisotopic (exact) mass is 291 g/mol. The second-order valence-electron chi connectivity index (χ2n) is 3.91. The van der Waals surface area contributed by atoms with Crippen LogP contribution in [0.1, 0.15) is 5.89 Å². The number of aryl methyl sites for hydroxylation is 2. The molecule has 1 aromatic carbocycles. The van der Waals surface area contributed by atoms with Gasteiger partial charge in [-0.1, -0.05) is 6.07 Å². The van der Waals surface area contributed by atoms with Gasteiger partial charge in [-0.05, 0) is 28.1 Å². The first-order valence-electron chi connectivity index (χ1n) is 5.19. The Morgan fingerprint density at radius 1 is 1.35 bits per heavy atom. The van der Waals surface area contributed by atoms with Crippen molar-refractivity contribution in [2.24, 2.45) is 7.05 Å². The van der Waals surface area contributed by atoms with Gasteiger partial charge in [-0.25, -0.2) is 9.97 Å². The van der Waals surface area contributed by atoms with E-state index in [0.29, 0.717) is 5.89 Å². The van der Waals surface area contributed by atoms with Crippen LogP contribution in [0.25, 0.3) is 22.4 Å². The van der Waals surface area contributed by atoms with Crippen LogP contribution in [0.15, 0.2) is 33.5 Å². The average Bonchev–Trinajstić information content (AvgIpc) is 2.81. The summed E-state index contributed by atoms with van der Waals surface area (Å²) in [5.41, 5.74) is 3.58. The van der Waals surface area contributed by atoms with E-state index >= 15 is 0 Å². The van der Waals surface area contributed by atoms with E-state index in [4.69, 9.17) is 4.42 Å². The van der Waals surface area contributed by atoms with Crippen molar-refractivity contribution < 1.29 is 4.42 Å². The molecule has 0 saturated heterocycles. The summed E-state index contributed by atoms with van der Waals surface area (Å²) in [5.74, 6) is 0.678. The molecule has 3 rings (SSSR count). The van der Waals surface area contributed by atoms with E-state index < -0.39 is 0 Å². The molecule has 0 spiro atoms. The fourth-order valence-corrected chi connectivity index (χ4v) is 2.22. The molecule has 0 saturated carbocycles. The van der Waals surface area contributed by atoms with E-state index in [1.165, 1.54) is 0 Å². The van der Waals surface area contributed by atoms with Gasteiger partial charge in [0.1, 0.15) is 15.8 Å². The highest BCUT2D eigenvalue weighted by molar-refractivity contribution is 9.10. The molecule has 4 nitrogen and oxygen atoms in total. The quantitative estimate of drug-likeness (QED) is 0.691. The number of fused-ring (bicyclic) bond motifs is 1. The molecule has 0 aliphatic heterocycles. The van der Waals surface area contributed by atoms with E-state index in [2.05, 4.69) is 25.9 Å². The molecule has 2 heterocycles. The van der Waals surface area contributed by atoms with Crippen LogP contribution in [0.5, 0.6) is 0 Å². The Labute approximate surface area is 106 Å². The first-order valence-corrected chi connectivity index (χ1v) is 5.99. The second kappa shape index (κ2) is 3.70. The molecule has 0 radical (unpaired) electrons. The lowest BCUT2D eigenvalue weighted by Gasteiger charge is -1.98. The summed E-state index contributed by atoms with van der Waals surface area (Å²) in [7, 11) is 1.94. The lowest BCUT2D eigenvalue weighted by Crippen LogP contribution is -1.84. The molecular formula is C12H10BrN3O. The Hall–Kier alpha value is -1.62. The van der Waals surface area contributed by atoms with Gasteiger partial charge in [-0.15, -0.1) is 0 Å². The molecule has 0 atom stereocenters. The van der Waals surface area contributed by atoms with Crippen LogP contribution < -0.4 is 0 Å². The van der Waals surface area contributed by atoms with Crippen LogP contribution in [0.2, 0.25) is 0 Å². The van der Waals surface area contributed by atoms with Crippen LogP contribution in [0.4, 0.5) is 0 Å². The highest BCUT2D eigenvalue weighted by atomic mass is 79.9. The molecule has 86 valence electrons. The van der Waals surface area contributed by atoms with E-state index in [1.807, 2.05) is 36.7 Å². The van der Waals surface area contributed by atoms with Crippen molar-refractivity contribution in [1.82, 2.24) is 14.5 Å². The molecule has 0 unspecified atom stereocenters. The maximum absolute atomic E-state index is 5.52. The Bertz CT molecular complexity index is 699. The molecular weight excluding hydrogens is 282 g/mol. The summed E-state index contributed by atoms with van der Waals surface area (Å²) >= 11 is 3.51. The van der Waals surface area contributed by atoms with E-state index in [0.717, 1.165) is 27.0 Å². The smallest absolute Gasteiger partial charge is 0.192 e. The first-order chi connectivity index (χ1) is 8.15. The number of oxazole rings is 1. The molecule has 3 aromatic rings. The van der Waals surface area contributed by atoms with E-state index in [1.54, 1.807) is 6.33 Å². The van der Waals surface area contributed by atoms with Gasteiger partial charge in [0, 0.05) is 19.5 Å². The minimum atomic E-state index is 0.678. The Morgan fingerprint density at radius 2 is 2.18 bits per heavy atom. The van der Waals surface area contributed by atoms with Gasteiger partial charge in [-0.2, -0.15) is 0 Å². The van der Waals surface area contributed by atoms with Gasteiger partial charge in [-0.3, -0.25) is 0 Å². The highest BCUT2D eigenvalue weighted by Crippen LogP contribution is 2.29. The molecule has 0 N–H and O–H groups in total. The summed E-state index contributed by atoms with van der Waals surface area (Å²) < 4.78 is 8.39. The molecule has 0 bridgehead atoms. The maximum Gasteiger partial charge on any atom is 0.192 e. The fraction of sp³-hybridized carbons (Fsp3) is 0.167. The third-order valence-electron chi connectivity index (χ3n) is 2.63. The number of hydrogen-bond acceptors (Lipinski definition) is 3. The summed E-state index contributed by atoms with van der Waals surface area (Å²) in [6.45, 7) is 1.84. The maximum atomic E-state index is 5.52. The van der Waals surface area contributed by atoms with Crippen LogP contribution in [-0.4, -0.2) is 14.5 Å². The number of aromatic nitrogens is 3. The summed E-state index contributed by atoms with van der Waals surface area (Å²) in [6.07, 6.45) is 1.77. The van der Waals surface area contributed by atoms with Gasteiger partial charge < -0.3 is 8.98 Å². The van der Waals surface area contributed by atoms with E-state index in [-0.39, 0.29) is 0 Å². The van der Waals surface area contributed by atoms with E-state index in [9.17, 15) is 0 Å². The van der Waals surface area contributed by atoms with Crippen molar-refractivity contribution in [3.63, 3.8) is 0 Å². The number of halogens is 1. The van der Waals surface area contributed by atoms with Crippen LogP contribution >= 0.6 is 15.9 Å². The molecule has 0 aliphatic rings. The number of benzene rings is 1. The van der Waals surface area contributed by atoms with Gasteiger partial charge in [0.05, 0.1) is 6.33 Å². The van der Waals surface area contributed by atoms with Gasteiger partial charge in [0.15, 0.2) is 11.5 Å². The number of imidazole rings is 1. The van der Waals surface area contributed by atoms with Gasteiger partial charge >= 0.3 is 0 Å². The third kappa shape index (κ3) is 1.67. The van der Waals surface area contributed by atoms with Crippen LogP contribution in [-0.2, 0) is 7.05 Å². The van der Waals surface area contributed by atoms with Gasteiger partial charge in [0.2, 0.25) is 0 Å². The SMILES string of the molecule is Cc1nc2ccc(-c3ncn(C)c3Br)cc2o1. The van der Waals surface area contributed by atoms with Crippen LogP contribution in [0.3, 0.4) is 0 Å². The largest absolute Gasteiger partial charge is 0.441 e. The minimum Gasteiger partial charge on any atom is -0.441 e. The molecule has 17 heavy (non-hydrogen) atoms. The van der Waals surface area contributed by atoms with Crippen molar-refractivity contribution in [2.75, 3.05) is 0 Å². The molecule has 0 aliphatic carbocycles. The number of nitrogens with zero attached hydrogens (tertiary/aromatic N) is 3. The second-order valence-corrected chi connectivity index (χ2v) is 4.66. The summed E-state index contributed by atoms with van der Waals surface area (Å²) in [5, 5.41) is 0. The molecule has 5 heteroatoms. The zero-order valence-electron chi connectivity index (χ0n) is 9.44. The van der Waals surface area contributed by atoms with Crippen molar-refractivity contribution in [3.8, 4) is 11.3 Å². The zero-order valence-corrected chi connectivity index (χ0v) is 11.0. The lowest BCUT2D eigenvalue weighted by molar-refractivity contribution is 0.561. The molecule has 0 fully saturated rings. The van der Waals surface area contributed by atoms with Crippen molar-refractivity contribution in [2.45, 2.75) is 6.92 Å². The predicted molar refractivity (Wildman–Crippen MR) is 68.6 cm³/mol. The Kier molecular flexibility index (Phi) is 2.29. The standard InChI is InChI=1S/C12H10BrN3O/c1-7-15-9-4-3-8(5-10(9)17-7)11-12(13)16(2)6-14-11/h3-6H,1-2H3. The normalized spacial score (nSPS) is 11.2. The third-order valence-corrected chi connectivity index (χ3v) is 3.57.